The van der Waals surface area contributed by atoms with Gasteiger partial charge in [0.25, 0.3) is 0 Å². The maximum atomic E-state index is 6.13. The van der Waals surface area contributed by atoms with Crippen LogP contribution in [-0.2, 0) is 13.0 Å². The van der Waals surface area contributed by atoms with Gasteiger partial charge in [-0.15, -0.1) is 0 Å². The van der Waals surface area contributed by atoms with E-state index in [0.717, 1.165) is 42.3 Å². The summed E-state index contributed by atoms with van der Waals surface area (Å²) in [5.41, 5.74) is 3.27. The number of pyridine rings is 1. The van der Waals surface area contributed by atoms with E-state index in [-0.39, 0.29) is 0 Å². The van der Waals surface area contributed by atoms with E-state index >= 15 is 0 Å². The first-order chi connectivity index (χ1) is 9.74. The van der Waals surface area contributed by atoms with Gasteiger partial charge >= 0.3 is 0 Å². The van der Waals surface area contributed by atoms with Crippen molar-refractivity contribution < 1.29 is 4.74 Å². The molecule has 0 aliphatic carbocycles. The van der Waals surface area contributed by atoms with Crippen molar-refractivity contribution in [3.8, 4) is 11.5 Å². The largest absolute Gasteiger partial charge is 0.457 e. The van der Waals surface area contributed by atoms with E-state index in [0.29, 0.717) is 0 Å². The van der Waals surface area contributed by atoms with Crippen LogP contribution in [-0.4, -0.2) is 11.5 Å². The van der Waals surface area contributed by atoms with Crippen LogP contribution in [0.25, 0.3) is 0 Å². The van der Waals surface area contributed by atoms with Crippen molar-refractivity contribution in [2.24, 2.45) is 0 Å². The number of hydrogen-bond acceptors (Lipinski definition) is 3. The molecule has 0 radical (unpaired) electrons. The van der Waals surface area contributed by atoms with Crippen molar-refractivity contribution in [1.29, 1.82) is 0 Å². The molecule has 0 aliphatic heterocycles. The Morgan fingerprint density at radius 1 is 1.10 bits per heavy atom. The highest BCUT2D eigenvalue weighted by Crippen LogP contribution is 2.28. The van der Waals surface area contributed by atoms with Gasteiger partial charge in [0.05, 0.1) is 0 Å². The van der Waals surface area contributed by atoms with Gasteiger partial charge in [-0.2, -0.15) is 0 Å². The summed E-state index contributed by atoms with van der Waals surface area (Å²) in [7, 11) is 0. The van der Waals surface area contributed by atoms with Gasteiger partial charge in [0.2, 0.25) is 0 Å². The third-order valence-electron chi connectivity index (χ3n) is 3.22. The third kappa shape index (κ3) is 3.58. The molecule has 106 valence electrons. The second-order valence-corrected chi connectivity index (χ2v) is 4.78. The van der Waals surface area contributed by atoms with Crippen molar-refractivity contribution in [2.45, 2.75) is 33.7 Å². The minimum atomic E-state index is 0.771. The van der Waals surface area contributed by atoms with E-state index in [2.05, 4.69) is 30.2 Å². The molecule has 0 aliphatic rings. The van der Waals surface area contributed by atoms with Gasteiger partial charge in [0, 0.05) is 30.1 Å². The molecule has 0 bridgehead atoms. The van der Waals surface area contributed by atoms with E-state index in [1.807, 2.05) is 37.4 Å². The topological polar surface area (TPSA) is 34.2 Å². The lowest BCUT2D eigenvalue weighted by atomic mass is 10.1. The Hall–Kier alpha value is -1.87. The van der Waals surface area contributed by atoms with Gasteiger partial charge in [0.15, 0.2) is 0 Å². The van der Waals surface area contributed by atoms with Gasteiger partial charge in [-0.25, -0.2) is 0 Å². The molecular formula is C17H22N2O. The molecule has 0 saturated carbocycles. The van der Waals surface area contributed by atoms with Gasteiger partial charge in [0.1, 0.15) is 11.5 Å². The molecule has 1 aromatic carbocycles. The lowest BCUT2D eigenvalue weighted by molar-refractivity contribution is 0.466. The Labute approximate surface area is 121 Å². The number of aromatic nitrogens is 1. The van der Waals surface area contributed by atoms with E-state index < -0.39 is 0 Å². The molecule has 2 aromatic rings. The molecule has 0 saturated heterocycles. The van der Waals surface area contributed by atoms with Crippen molar-refractivity contribution >= 4 is 0 Å². The molecular weight excluding hydrogens is 248 g/mol. The van der Waals surface area contributed by atoms with Crippen LogP contribution < -0.4 is 10.1 Å². The lowest BCUT2D eigenvalue weighted by Gasteiger charge is -2.14. The molecule has 3 heteroatoms. The molecule has 0 atom stereocenters. The Kier molecular flexibility index (Phi) is 5.13. The highest BCUT2D eigenvalue weighted by Gasteiger charge is 2.08. The van der Waals surface area contributed by atoms with Crippen LogP contribution in [0.5, 0.6) is 11.5 Å². The second-order valence-electron chi connectivity index (χ2n) is 4.78. The van der Waals surface area contributed by atoms with E-state index in [9.17, 15) is 0 Å². The number of benzene rings is 1. The van der Waals surface area contributed by atoms with Crippen LogP contribution >= 0.6 is 0 Å². The average molecular weight is 270 g/mol. The predicted molar refractivity (Wildman–Crippen MR) is 82.2 cm³/mol. The molecule has 1 N–H and O–H groups in total. The van der Waals surface area contributed by atoms with E-state index in [1.54, 1.807) is 0 Å². The number of aryl methyl sites for hydroxylation is 2. The maximum Gasteiger partial charge on any atom is 0.135 e. The van der Waals surface area contributed by atoms with Gasteiger partial charge in [-0.3, -0.25) is 4.98 Å². The lowest BCUT2D eigenvalue weighted by Crippen LogP contribution is -2.13. The normalized spacial score (nSPS) is 10.6. The van der Waals surface area contributed by atoms with Gasteiger partial charge in [-0.05, 0) is 31.5 Å². The first-order valence-electron chi connectivity index (χ1n) is 7.16. The summed E-state index contributed by atoms with van der Waals surface area (Å²) in [4.78, 5) is 4.36. The number of para-hydroxylation sites is 1. The highest BCUT2D eigenvalue weighted by atomic mass is 16.5. The fourth-order valence-electron chi connectivity index (χ4n) is 2.06. The molecule has 3 nitrogen and oxygen atoms in total. The smallest absolute Gasteiger partial charge is 0.135 e. The van der Waals surface area contributed by atoms with Crippen LogP contribution in [0, 0.1) is 6.92 Å². The number of nitrogens with zero attached hydrogens (tertiary/aromatic N) is 1. The molecule has 0 spiro atoms. The number of hydrogen-bond donors (Lipinski definition) is 1. The molecule has 1 heterocycles. The zero-order chi connectivity index (χ0) is 14.4. The van der Waals surface area contributed by atoms with Gasteiger partial charge in [-0.1, -0.05) is 32.0 Å². The van der Waals surface area contributed by atoms with Crippen LogP contribution in [0.4, 0.5) is 0 Å². The summed E-state index contributed by atoms with van der Waals surface area (Å²) in [5, 5.41) is 3.32. The Bertz CT molecular complexity index is 567. The SMILES string of the molecule is CCNCc1cnc(C)cc1Oc1ccccc1CC. The summed E-state index contributed by atoms with van der Waals surface area (Å²) in [6.45, 7) is 7.91. The van der Waals surface area contributed by atoms with E-state index in [4.69, 9.17) is 4.74 Å². The van der Waals surface area contributed by atoms with Crippen molar-refractivity contribution in [3.05, 3.63) is 53.3 Å². The van der Waals surface area contributed by atoms with E-state index in [1.165, 1.54) is 5.56 Å². The predicted octanol–water partition coefficient (Wildman–Crippen LogP) is 3.85. The Morgan fingerprint density at radius 3 is 2.65 bits per heavy atom. The van der Waals surface area contributed by atoms with Crippen molar-refractivity contribution in [1.82, 2.24) is 10.3 Å². The third-order valence-corrected chi connectivity index (χ3v) is 3.22. The zero-order valence-corrected chi connectivity index (χ0v) is 12.4. The fourth-order valence-corrected chi connectivity index (χ4v) is 2.06. The van der Waals surface area contributed by atoms with Crippen LogP contribution in [0.15, 0.2) is 36.5 Å². The average Bonchev–Trinajstić information content (AvgIpc) is 2.47. The molecule has 1 aromatic heterocycles. The van der Waals surface area contributed by atoms with Crippen LogP contribution in [0.1, 0.15) is 30.7 Å². The summed E-state index contributed by atoms with van der Waals surface area (Å²) in [6.07, 6.45) is 2.85. The second kappa shape index (κ2) is 7.06. The highest BCUT2D eigenvalue weighted by molar-refractivity contribution is 5.41. The maximum absolute atomic E-state index is 6.13. The molecule has 20 heavy (non-hydrogen) atoms. The fraction of sp³-hybridized carbons (Fsp3) is 0.353. The zero-order valence-electron chi connectivity index (χ0n) is 12.4. The molecule has 0 fully saturated rings. The summed E-state index contributed by atoms with van der Waals surface area (Å²) in [6, 6.07) is 10.2. The Balaban J connectivity index is 2.29. The molecule has 2 rings (SSSR count). The minimum Gasteiger partial charge on any atom is -0.457 e. The number of rotatable bonds is 6. The molecule has 0 amide bonds. The summed E-state index contributed by atoms with van der Waals surface area (Å²) < 4.78 is 6.13. The van der Waals surface area contributed by atoms with Crippen LogP contribution in [0.3, 0.4) is 0 Å². The number of ether oxygens (including phenoxy) is 1. The van der Waals surface area contributed by atoms with Gasteiger partial charge < -0.3 is 10.1 Å². The summed E-state index contributed by atoms with van der Waals surface area (Å²) >= 11 is 0. The summed E-state index contributed by atoms with van der Waals surface area (Å²) in [5.74, 6) is 1.82. The standard InChI is InChI=1S/C17H22N2O/c1-4-14-8-6-7-9-16(14)20-17-10-13(3)19-12-15(17)11-18-5-2/h6-10,12,18H,4-5,11H2,1-3H3. The monoisotopic (exact) mass is 270 g/mol. The Morgan fingerprint density at radius 2 is 1.90 bits per heavy atom. The van der Waals surface area contributed by atoms with Crippen LogP contribution in [0.2, 0.25) is 0 Å². The first kappa shape index (κ1) is 14.5. The first-order valence-corrected chi connectivity index (χ1v) is 7.16. The quantitative estimate of drug-likeness (QED) is 0.865. The minimum absolute atomic E-state index is 0.771. The van der Waals surface area contributed by atoms with Crippen molar-refractivity contribution in [2.75, 3.05) is 6.54 Å². The number of nitrogens with one attached hydrogen (secondary N) is 1. The van der Waals surface area contributed by atoms with Crippen molar-refractivity contribution in [3.63, 3.8) is 0 Å². The molecule has 0 unspecified atom stereocenters.